The van der Waals surface area contributed by atoms with E-state index in [9.17, 15) is 4.39 Å². The number of anilines is 3. The molecule has 0 spiro atoms. The van der Waals surface area contributed by atoms with Gasteiger partial charge in [-0.25, -0.2) is 19.3 Å². The maximum Gasteiger partial charge on any atom is 0.133 e. The molecule has 30 heavy (non-hydrogen) atoms. The quantitative estimate of drug-likeness (QED) is 0.674. The highest BCUT2D eigenvalue weighted by Crippen LogP contribution is 2.38. The van der Waals surface area contributed by atoms with Crippen molar-refractivity contribution in [3.8, 4) is 0 Å². The van der Waals surface area contributed by atoms with Gasteiger partial charge in [0.1, 0.15) is 23.3 Å². The second kappa shape index (κ2) is 8.26. The van der Waals surface area contributed by atoms with Crippen LogP contribution in [0.2, 0.25) is 0 Å². The van der Waals surface area contributed by atoms with Gasteiger partial charge in [-0.3, -0.25) is 0 Å². The molecule has 6 nitrogen and oxygen atoms in total. The van der Waals surface area contributed by atoms with E-state index in [1.807, 2.05) is 36.7 Å². The summed E-state index contributed by atoms with van der Waals surface area (Å²) >= 11 is 0. The molecule has 3 heterocycles. The Hall–Kier alpha value is -3.22. The molecule has 1 aromatic carbocycles. The molecule has 0 bridgehead atoms. The fourth-order valence-electron chi connectivity index (χ4n) is 3.79. The molecule has 2 aromatic heterocycles. The Morgan fingerprint density at radius 2 is 1.63 bits per heavy atom. The van der Waals surface area contributed by atoms with Gasteiger partial charge in [-0.2, -0.15) is 0 Å². The van der Waals surface area contributed by atoms with Gasteiger partial charge in [0.15, 0.2) is 0 Å². The van der Waals surface area contributed by atoms with Gasteiger partial charge in [0.05, 0.1) is 0 Å². The minimum atomic E-state index is -0.197. The Morgan fingerprint density at radius 1 is 0.900 bits per heavy atom. The maximum absolute atomic E-state index is 13.2. The van der Waals surface area contributed by atoms with Crippen molar-refractivity contribution in [3.63, 3.8) is 0 Å². The standard InChI is InChI=1S/C23H25FN6/c24-19-3-5-20(6-4-19)29-11-13-30(14-12-29)22-15-17(7-9-25-22)16-27-21-8-10-26-23(28-21)18-1-2-18/h3-10,15,18H,1-2,11-14,16H2,(H,26,27,28). The molecule has 0 radical (unpaired) electrons. The van der Waals surface area contributed by atoms with Crippen LogP contribution in [0.25, 0.3) is 0 Å². The minimum absolute atomic E-state index is 0.197. The predicted molar refractivity (Wildman–Crippen MR) is 116 cm³/mol. The summed E-state index contributed by atoms with van der Waals surface area (Å²) in [6.07, 6.45) is 6.10. The molecule has 7 heteroatoms. The van der Waals surface area contributed by atoms with Gasteiger partial charge >= 0.3 is 0 Å². The van der Waals surface area contributed by atoms with E-state index < -0.39 is 0 Å². The van der Waals surface area contributed by atoms with E-state index in [1.54, 1.807) is 0 Å². The first-order chi connectivity index (χ1) is 14.7. The van der Waals surface area contributed by atoms with Gasteiger partial charge in [-0.15, -0.1) is 0 Å². The van der Waals surface area contributed by atoms with Gasteiger partial charge in [-0.05, 0) is 60.9 Å². The van der Waals surface area contributed by atoms with E-state index in [2.05, 4.69) is 36.1 Å². The highest BCUT2D eigenvalue weighted by Gasteiger charge is 2.26. The Labute approximate surface area is 175 Å². The van der Waals surface area contributed by atoms with Crippen LogP contribution in [0, 0.1) is 5.82 Å². The first kappa shape index (κ1) is 18.8. The number of hydrogen-bond donors (Lipinski definition) is 1. The van der Waals surface area contributed by atoms with Crippen LogP contribution in [-0.2, 0) is 6.54 Å². The molecule has 3 aromatic rings. The summed E-state index contributed by atoms with van der Waals surface area (Å²) < 4.78 is 13.2. The molecular weight excluding hydrogens is 379 g/mol. The van der Waals surface area contributed by atoms with Crippen molar-refractivity contribution in [3.05, 3.63) is 72.1 Å². The number of pyridine rings is 1. The normalized spacial score (nSPS) is 16.6. The highest BCUT2D eigenvalue weighted by atomic mass is 19.1. The van der Waals surface area contributed by atoms with Gasteiger partial charge in [0.25, 0.3) is 0 Å². The monoisotopic (exact) mass is 404 g/mol. The van der Waals surface area contributed by atoms with Crippen LogP contribution in [0.3, 0.4) is 0 Å². The number of piperazine rings is 1. The fourth-order valence-corrected chi connectivity index (χ4v) is 3.79. The van der Waals surface area contributed by atoms with Crippen molar-refractivity contribution in [2.24, 2.45) is 0 Å². The van der Waals surface area contributed by atoms with E-state index in [-0.39, 0.29) is 5.82 Å². The summed E-state index contributed by atoms with van der Waals surface area (Å²) in [5.41, 5.74) is 2.24. The molecule has 154 valence electrons. The number of benzene rings is 1. The third kappa shape index (κ3) is 4.35. The Bertz CT molecular complexity index is 997. The van der Waals surface area contributed by atoms with Crippen molar-refractivity contribution in [2.45, 2.75) is 25.3 Å². The summed E-state index contributed by atoms with van der Waals surface area (Å²) in [7, 11) is 0. The van der Waals surface area contributed by atoms with Gasteiger partial charge < -0.3 is 15.1 Å². The molecule has 2 fully saturated rings. The number of aromatic nitrogens is 3. The number of nitrogens with zero attached hydrogens (tertiary/aromatic N) is 5. The van der Waals surface area contributed by atoms with E-state index in [1.165, 1.54) is 30.5 Å². The molecular formula is C23H25FN6. The smallest absolute Gasteiger partial charge is 0.133 e. The second-order valence-electron chi connectivity index (χ2n) is 7.90. The zero-order chi connectivity index (χ0) is 20.3. The summed E-state index contributed by atoms with van der Waals surface area (Å²) in [6.45, 7) is 4.25. The lowest BCUT2D eigenvalue weighted by Crippen LogP contribution is -2.46. The second-order valence-corrected chi connectivity index (χ2v) is 7.90. The molecule has 0 amide bonds. The van der Waals surface area contributed by atoms with Crippen LogP contribution in [0.1, 0.15) is 30.1 Å². The molecule has 1 aliphatic heterocycles. The zero-order valence-electron chi connectivity index (χ0n) is 16.8. The SMILES string of the molecule is Fc1ccc(N2CCN(c3cc(CNc4ccnc(C5CC5)n4)ccn3)CC2)cc1. The lowest BCUT2D eigenvalue weighted by molar-refractivity contribution is 0.624. The Balaban J connectivity index is 1.19. The molecule has 1 aliphatic carbocycles. The lowest BCUT2D eigenvalue weighted by Gasteiger charge is -2.36. The topological polar surface area (TPSA) is 57.2 Å². The summed E-state index contributed by atoms with van der Waals surface area (Å²) in [6, 6.07) is 12.8. The zero-order valence-corrected chi connectivity index (χ0v) is 16.8. The first-order valence-corrected chi connectivity index (χ1v) is 10.5. The van der Waals surface area contributed by atoms with E-state index in [0.717, 1.165) is 49.3 Å². The molecule has 0 unspecified atom stereocenters. The summed E-state index contributed by atoms with van der Waals surface area (Å²) in [4.78, 5) is 18.2. The third-order valence-electron chi connectivity index (χ3n) is 5.70. The van der Waals surface area contributed by atoms with Crippen LogP contribution in [0.15, 0.2) is 54.9 Å². The number of halogens is 1. The average Bonchev–Trinajstić information content (AvgIpc) is 3.65. The maximum atomic E-state index is 13.2. The van der Waals surface area contributed by atoms with Crippen molar-refractivity contribution in [1.82, 2.24) is 15.0 Å². The highest BCUT2D eigenvalue weighted by molar-refractivity contribution is 5.50. The van der Waals surface area contributed by atoms with Crippen LogP contribution < -0.4 is 15.1 Å². The third-order valence-corrected chi connectivity index (χ3v) is 5.70. The minimum Gasteiger partial charge on any atom is -0.368 e. The van der Waals surface area contributed by atoms with Crippen molar-refractivity contribution < 1.29 is 4.39 Å². The van der Waals surface area contributed by atoms with Crippen molar-refractivity contribution in [1.29, 1.82) is 0 Å². The van der Waals surface area contributed by atoms with Gasteiger partial charge in [0, 0.05) is 56.7 Å². The van der Waals surface area contributed by atoms with Crippen LogP contribution in [0.5, 0.6) is 0 Å². The first-order valence-electron chi connectivity index (χ1n) is 10.5. The van der Waals surface area contributed by atoms with Crippen LogP contribution in [0.4, 0.5) is 21.7 Å². The van der Waals surface area contributed by atoms with E-state index in [4.69, 9.17) is 0 Å². The molecule has 5 rings (SSSR count). The van der Waals surface area contributed by atoms with Crippen LogP contribution in [-0.4, -0.2) is 41.1 Å². The number of hydrogen-bond acceptors (Lipinski definition) is 6. The van der Waals surface area contributed by atoms with Crippen molar-refractivity contribution >= 4 is 17.3 Å². The van der Waals surface area contributed by atoms with E-state index >= 15 is 0 Å². The lowest BCUT2D eigenvalue weighted by atomic mass is 10.2. The molecule has 0 atom stereocenters. The summed E-state index contributed by atoms with van der Waals surface area (Å²) in [5, 5.41) is 3.41. The largest absolute Gasteiger partial charge is 0.368 e. The van der Waals surface area contributed by atoms with E-state index in [0.29, 0.717) is 12.5 Å². The number of rotatable bonds is 6. The molecule has 1 saturated carbocycles. The predicted octanol–water partition coefficient (Wildman–Crippen LogP) is 3.83. The Morgan fingerprint density at radius 3 is 2.40 bits per heavy atom. The summed E-state index contributed by atoms with van der Waals surface area (Å²) in [5.74, 6) is 3.17. The molecule has 1 N–H and O–H groups in total. The molecule has 1 saturated heterocycles. The van der Waals surface area contributed by atoms with Crippen molar-refractivity contribution in [2.75, 3.05) is 41.3 Å². The Kier molecular flexibility index (Phi) is 5.17. The van der Waals surface area contributed by atoms with Gasteiger partial charge in [0.2, 0.25) is 0 Å². The van der Waals surface area contributed by atoms with Gasteiger partial charge in [-0.1, -0.05) is 0 Å². The molecule has 2 aliphatic rings. The average molecular weight is 404 g/mol. The fraction of sp³-hybridized carbons (Fsp3) is 0.348. The number of nitrogens with one attached hydrogen (secondary N) is 1. The van der Waals surface area contributed by atoms with Crippen LogP contribution >= 0.6 is 0 Å².